The monoisotopic (exact) mass is 274 g/mol. The molecule has 1 saturated carbocycles. The lowest BCUT2D eigenvalue weighted by molar-refractivity contribution is 0.301. The molecule has 1 aromatic carbocycles. The molecule has 102 valence electrons. The summed E-state index contributed by atoms with van der Waals surface area (Å²) in [6, 6.07) is 6.80. The van der Waals surface area contributed by atoms with Crippen LogP contribution in [0.1, 0.15) is 49.6 Å². The number of nitrogens with zero attached hydrogens (tertiary/aromatic N) is 1. The van der Waals surface area contributed by atoms with Gasteiger partial charge >= 0.3 is 0 Å². The van der Waals surface area contributed by atoms with Crippen LogP contribution in [0, 0.1) is 0 Å². The van der Waals surface area contributed by atoms with Crippen LogP contribution in [0.25, 0.3) is 10.2 Å². The van der Waals surface area contributed by atoms with Crippen molar-refractivity contribution in [1.82, 2.24) is 4.98 Å². The Bertz CT molecular complexity index is 567. The lowest BCUT2D eigenvalue weighted by Gasteiger charge is -2.36. The van der Waals surface area contributed by atoms with Gasteiger partial charge in [0.15, 0.2) is 0 Å². The van der Waals surface area contributed by atoms with Gasteiger partial charge in [-0.1, -0.05) is 32.3 Å². The summed E-state index contributed by atoms with van der Waals surface area (Å²) < 4.78 is 1.33. The molecule has 2 nitrogen and oxygen atoms in total. The van der Waals surface area contributed by atoms with Gasteiger partial charge in [-0.05, 0) is 37.0 Å². The van der Waals surface area contributed by atoms with Crippen LogP contribution in [0.5, 0.6) is 0 Å². The summed E-state index contributed by atoms with van der Waals surface area (Å²) in [7, 11) is 0. The Hall–Kier alpha value is -0.930. The van der Waals surface area contributed by atoms with Crippen molar-refractivity contribution in [1.29, 1.82) is 0 Å². The molecule has 0 unspecified atom stereocenters. The van der Waals surface area contributed by atoms with E-state index < -0.39 is 0 Å². The second-order valence-corrected chi connectivity index (χ2v) is 6.80. The Balaban J connectivity index is 2.03. The highest BCUT2D eigenvalue weighted by Gasteiger charge is 2.32. The highest BCUT2D eigenvalue weighted by Crippen LogP contribution is 2.40. The van der Waals surface area contributed by atoms with E-state index in [9.17, 15) is 0 Å². The van der Waals surface area contributed by atoms with E-state index in [2.05, 4.69) is 30.1 Å². The third kappa shape index (κ3) is 2.30. The zero-order valence-corrected chi connectivity index (χ0v) is 12.4. The fourth-order valence-electron chi connectivity index (χ4n) is 3.29. The van der Waals surface area contributed by atoms with E-state index >= 15 is 0 Å². The Kier molecular flexibility index (Phi) is 3.59. The smallest absolute Gasteiger partial charge is 0.0935 e. The maximum atomic E-state index is 6.13. The molecule has 3 heteroatoms. The number of hydrogen-bond donors (Lipinski definition) is 1. The van der Waals surface area contributed by atoms with Gasteiger partial charge in [0, 0.05) is 12.0 Å². The molecule has 0 radical (unpaired) electrons. The van der Waals surface area contributed by atoms with Gasteiger partial charge in [-0.3, -0.25) is 0 Å². The number of nitrogens with two attached hydrogens (primary N) is 1. The van der Waals surface area contributed by atoms with Gasteiger partial charge in [0.25, 0.3) is 0 Å². The normalized spacial score (nSPS) is 18.8. The van der Waals surface area contributed by atoms with Crippen LogP contribution in [0.15, 0.2) is 18.2 Å². The van der Waals surface area contributed by atoms with E-state index in [4.69, 9.17) is 5.73 Å². The standard InChI is InChI=1S/C16H22N2S/c1-2-15-18-13-7-6-12(10-14(13)19-15)16(11-17)8-4-3-5-9-16/h6-7,10H,2-5,8-9,11,17H2,1H3. The van der Waals surface area contributed by atoms with Crippen molar-refractivity contribution in [2.24, 2.45) is 5.73 Å². The molecule has 0 atom stereocenters. The number of aryl methyl sites for hydroxylation is 1. The Labute approximate surface area is 119 Å². The molecule has 1 aliphatic carbocycles. The fourth-order valence-corrected chi connectivity index (χ4v) is 4.24. The van der Waals surface area contributed by atoms with Crippen molar-refractivity contribution in [3.8, 4) is 0 Å². The minimum Gasteiger partial charge on any atom is -0.330 e. The van der Waals surface area contributed by atoms with Crippen molar-refractivity contribution in [2.45, 2.75) is 50.9 Å². The summed E-state index contributed by atoms with van der Waals surface area (Å²) >= 11 is 1.83. The van der Waals surface area contributed by atoms with Crippen LogP contribution in [0.4, 0.5) is 0 Å². The Morgan fingerprint density at radius 3 is 2.74 bits per heavy atom. The average Bonchev–Trinajstić information content (AvgIpc) is 2.90. The molecule has 3 rings (SSSR count). The second-order valence-electron chi connectivity index (χ2n) is 5.69. The minimum absolute atomic E-state index is 0.225. The average molecular weight is 274 g/mol. The van der Waals surface area contributed by atoms with Crippen molar-refractivity contribution in [2.75, 3.05) is 6.54 Å². The first-order valence-electron chi connectivity index (χ1n) is 7.37. The molecular weight excluding hydrogens is 252 g/mol. The maximum Gasteiger partial charge on any atom is 0.0935 e. The summed E-state index contributed by atoms with van der Waals surface area (Å²) in [4.78, 5) is 4.65. The first-order valence-corrected chi connectivity index (χ1v) is 8.19. The van der Waals surface area contributed by atoms with E-state index in [1.165, 1.54) is 47.4 Å². The second kappa shape index (κ2) is 5.22. The largest absolute Gasteiger partial charge is 0.330 e. The zero-order valence-electron chi connectivity index (χ0n) is 11.6. The minimum atomic E-state index is 0.225. The van der Waals surface area contributed by atoms with Crippen LogP contribution >= 0.6 is 11.3 Å². The molecule has 19 heavy (non-hydrogen) atoms. The van der Waals surface area contributed by atoms with Crippen molar-refractivity contribution >= 4 is 21.6 Å². The molecule has 2 N–H and O–H groups in total. The van der Waals surface area contributed by atoms with E-state index in [0.717, 1.165) is 18.5 Å². The van der Waals surface area contributed by atoms with Gasteiger partial charge in [-0.15, -0.1) is 11.3 Å². The van der Waals surface area contributed by atoms with Crippen LogP contribution in [0.2, 0.25) is 0 Å². The van der Waals surface area contributed by atoms with Crippen molar-refractivity contribution < 1.29 is 0 Å². The Morgan fingerprint density at radius 1 is 1.26 bits per heavy atom. The molecule has 1 aromatic heterocycles. The molecule has 1 fully saturated rings. The number of aromatic nitrogens is 1. The lowest BCUT2D eigenvalue weighted by Crippen LogP contribution is -2.37. The zero-order chi connectivity index (χ0) is 13.3. The van der Waals surface area contributed by atoms with Gasteiger partial charge in [0.2, 0.25) is 0 Å². The molecule has 1 heterocycles. The van der Waals surface area contributed by atoms with Crippen LogP contribution < -0.4 is 5.73 Å². The van der Waals surface area contributed by atoms with E-state index in [0.29, 0.717) is 0 Å². The molecule has 0 aliphatic heterocycles. The first-order chi connectivity index (χ1) is 9.27. The fraction of sp³-hybridized carbons (Fsp3) is 0.562. The SMILES string of the molecule is CCc1nc2ccc(C3(CN)CCCCC3)cc2s1. The van der Waals surface area contributed by atoms with E-state index in [-0.39, 0.29) is 5.41 Å². The number of fused-ring (bicyclic) bond motifs is 1. The van der Waals surface area contributed by atoms with E-state index in [1.807, 2.05) is 11.3 Å². The Morgan fingerprint density at radius 2 is 2.05 bits per heavy atom. The van der Waals surface area contributed by atoms with Gasteiger partial charge in [0.05, 0.1) is 15.2 Å². The highest BCUT2D eigenvalue weighted by molar-refractivity contribution is 7.18. The molecule has 0 spiro atoms. The maximum absolute atomic E-state index is 6.13. The summed E-state index contributed by atoms with van der Waals surface area (Å²) in [5.74, 6) is 0. The van der Waals surface area contributed by atoms with Crippen molar-refractivity contribution in [3.05, 3.63) is 28.8 Å². The van der Waals surface area contributed by atoms with Crippen molar-refractivity contribution in [3.63, 3.8) is 0 Å². The summed E-state index contributed by atoms with van der Waals surface area (Å²) in [6.07, 6.45) is 7.51. The highest BCUT2D eigenvalue weighted by atomic mass is 32.1. The van der Waals surface area contributed by atoms with Crippen LogP contribution in [-0.4, -0.2) is 11.5 Å². The third-order valence-corrected chi connectivity index (χ3v) is 5.71. The predicted octanol–water partition coefficient (Wildman–Crippen LogP) is 4.02. The van der Waals surface area contributed by atoms with Gasteiger partial charge in [-0.2, -0.15) is 0 Å². The quantitative estimate of drug-likeness (QED) is 0.918. The lowest BCUT2D eigenvalue weighted by atomic mass is 9.69. The van der Waals surface area contributed by atoms with Gasteiger partial charge < -0.3 is 5.73 Å². The summed E-state index contributed by atoms with van der Waals surface area (Å²) in [5, 5.41) is 1.23. The van der Waals surface area contributed by atoms with E-state index in [1.54, 1.807) is 0 Å². The van der Waals surface area contributed by atoms with Gasteiger partial charge in [-0.25, -0.2) is 4.98 Å². The molecule has 0 bridgehead atoms. The summed E-state index contributed by atoms with van der Waals surface area (Å²) in [6.45, 7) is 2.94. The van der Waals surface area contributed by atoms with Gasteiger partial charge in [0.1, 0.15) is 0 Å². The topological polar surface area (TPSA) is 38.9 Å². The summed E-state index contributed by atoms with van der Waals surface area (Å²) in [5.41, 5.74) is 8.94. The molecule has 2 aromatic rings. The number of hydrogen-bond acceptors (Lipinski definition) is 3. The molecule has 0 amide bonds. The number of benzene rings is 1. The molecule has 0 saturated heterocycles. The van der Waals surface area contributed by atoms with Crippen LogP contribution in [0.3, 0.4) is 0 Å². The third-order valence-electron chi connectivity index (χ3n) is 4.55. The number of rotatable bonds is 3. The molecular formula is C16H22N2S. The predicted molar refractivity (Wildman–Crippen MR) is 82.8 cm³/mol. The first kappa shape index (κ1) is 13.1. The molecule has 1 aliphatic rings. The van der Waals surface area contributed by atoms with Crippen LogP contribution in [-0.2, 0) is 11.8 Å². The number of thiazole rings is 1.